The normalized spacial score (nSPS) is 12.4. The average Bonchev–Trinajstić information content (AvgIpc) is 3.31. The summed E-state index contributed by atoms with van der Waals surface area (Å²) in [6.07, 6.45) is 0. The van der Waals surface area contributed by atoms with E-state index in [4.69, 9.17) is 26.3 Å². The Balaban J connectivity index is 1.23. The Kier molecular flexibility index (Phi) is 8.70. The molecule has 5 heteroatoms. The summed E-state index contributed by atoms with van der Waals surface area (Å²) in [7, 11) is 0. The van der Waals surface area contributed by atoms with Crippen molar-refractivity contribution < 1.29 is 4.74 Å². The molecule has 0 unspecified atom stereocenters. The molecule has 5 nitrogen and oxygen atoms in total. The van der Waals surface area contributed by atoms with Crippen molar-refractivity contribution in [1.82, 2.24) is 15.0 Å². The van der Waals surface area contributed by atoms with Crippen LogP contribution in [0, 0.1) is 6.57 Å². The van der Waals surface area contributed by atoms with Crippen LogP contribution in [0.25, 0.3) is 61.3 Å². The van der Waals surface area contributed by atoms with Crippen LogP contribution in [-0.4, -0.2) is 15.0 Å². The molecule has 0 fully saturated rings. The van der Waals surface area contributed by atoms with Gasteiger partial charge in [0.15, 0.2) is 23.2 Å². The molecular weight excluding hydrogens is 709 g/mol. The molecule has 0 bridgehead atoms. The van der Waals surface area contributed by atoms with Crippen LogP contribution in [0.15, 0.2) is 206 Å². The molecule has 1 aromatic heterocycles. The lowest BCUT2D eigenvalue weighted by atomic mass is 9.63. The van der Waals surface area contributed by atoms with Crippen LogP contribution in [-0.2, 0) is 5.41 Å². The smallest absolute Gasteiger partial charge is 0.187 e. The maximum Gasteiger partial charge on any atom is 0.187 e. The van der Waals surface area contributed by atoms with Gasteiger partial charge in [-0.15, -0.1) is 0 Å². The maximum atomic E-state index is 7.41. The zero-order valence-electron chi connectivity index (χ0n) is 31.3. The summed E-state index contributed by atoms with van der Waals surface area (Å²) in [6.45, 7) is 7.41. The van der Waals surface area contributed by atoms with Crippen LogP contribution in [0.5, 0.6) is 11.5 Å². The first-order valence-corrected chi connectivity index (χ1v) is 19.2. The van der Waals surface area contributed by atoms with Gasteiger partial charge in [0.25, 0.3) is 0 Å². The highest BCUT2D eigenvalue weighted by Gasteiger charge is 2.46. The van der Waals surface area contributed by atoms with Crippen molar-refractivity contribution in [3.63, 3.8) is 0 Å². The van der Waals surface area contributed by atoms with Crippen LogP contribution in [0.2, 0.25) is 0 Å². The van der Waals surface area contributed by atoms with E-state index < -0.39 is 5.41 Å². The van der Waals surface area contributed by atoms with Crippen LogP contribution < -0.4 is 4.74 Å². The molecule has 0 amide bonds. The zero-order valence-corrected chi connectivity index (χ0v) is 31.3. The van der Waals surface area contributed by atoms with Gasteiger partial charge in [-0.25, -0.2) is 19.8 Å². The van der Waals surface area contributed by atoms with Crippen LogP contribution in [0.1, 0.15) is 22.3 Å². The number of para-hydroxylation sites is 2. The number of nitrogens with zero attached hydrogens (tertiary/aromatic N) is 4. The van der Waals surface area contributed by atoms with Crippen molar-refractivity contribution in [3.8, 4) is 67.9 Å². The first-order chi connectivity index (χ1) is 28.7. The number of benzene rings is 8. The molecule has 0 atom stereocenters. The molecule has 272 valence electrons. The molecule has 2 heterocycles. The number of ether oxygens (including phenoxy) is 1. The Morgan fingerprint density at radius 3 is 1.62 bits per heavy atom. The van der Waals surface area contributed by atoms with E-state index in [2.05, 4.69) is 132 Å². The second-order valence-corrected chi connectivity index (χ2v) is 14.2. The third-order valence-corrected chi connectivity index (χ3v) is 10.9. The third kappa shape index (κ3) is 5.92. The van der Waals surface area contributed by atoms with E-state index in [0.717, 1.165) is 66.9 Å². The van der Waals surface area contributed by atoms with E-state index in [1.807, 2.05) is 78.9 Å². The topological polar surface area (TPSA) is 52.3 Å². The van der Waals surface area contributed by atoms with Gasteiger partial charge < -0.3 is 4.74 Å². The summed E-state index contributed by atoms with van der Waals surface area (Å²) in [4.78, 5) is 19.4. The van der Waals surface area contributed by atoms with E-state index >= 15 is 0 Å². The minimum Gasteiger partial charge on any atom is -0.456 e. The monoisotopic (exact) mass is 742 g/mol. The molecule has 8 aromatic carbocycles. The second-order valence-electron chi connectivity index (χ2n) is 14.2. The molecule has 0 radical (unpaired) electrons. The SMILES string of the molecule is [C-]#[N+]c1ccc(-c2cccc(-c3nc(-c4ccccc4-c4ccccc4)nc(-c4cccc5c4Oc4ccccc4C5(c4ccccc4)c4ccccc4)n3)c2)cc1. The summed E-state index contributed by atoms with van der Waals surface area (Å²) in [5, 5.41) is 0. The van der Waals surface area contributed by atoms with E-state index in [9.17, 15) is 0 Å². The summed E-state index contributed by atoms with van der Waals surface area (Å²) < 4.78 is 7.02. The van der Waals surface area contributed by atoms with E-state index in [1.54, 1.807) is 0 Å². The van der Waals surface area contributed by atoms with E-state index in [0.29, 0.717) is 28.9 Å². The first kappa shape index (κ1) is 34.5. The Morgan fingerprint density at radius 2 is 0.914 bits per heavy atom. The van der Waals surface area contributed by atoms with Gasteiger partial charge in [-0.1, -0.05) is 188 Å². The minimum atomic E-state index is -0.696. The Labute approximate surface area is 337 Å². The number of fused-ring (bicyclic) bond motifs is 2. The fraction of sp³-hybridized carbons (Fsp3) is 0.0189. The number of aromatic nitrogens is 3. The van der Waals surface area contributed by atoms with Gasteiger partial charge in [-0.2, -0.15) is 0 Å². The summed E-state index contributed by atoms with van der Waals surface area (Å²) in [5.74, 6) is 3.06. The molecule has 0 spiro atoms. The zero-order chi connectivity index (χ0) is 38.9. The van der Waals surface area contributed by atoms with Gasteiger partial charge in [0.2, 0.25) is 0 Å². The fourth-order valence-corrected chi connectivity index (χ4v) is 8.26. The van der Waals surface area contributed by atoms with Gasteiger partial charge in [0.05, 0.1) is 17.6 Å². The van der Waals surface area contributed by atoms with Crippen molar-refractivity contribution in [2.45, 2.75) is 5.41 Å². The first-order valence-electron chi connectivity index (χ1n) is 19.2. The van der Waals surface area contributed by atoms with Crippen molar-refractivity contribution in [2.24, 2.45) is 0 Å². The van der Waals surface area contributed by atoms with Gasteiger partial charge >= 0.3 is 0 Å². The molecule has 58 heavy (non-hydrogen) atoms. The maximum absolute atomic E-state index is 7.41. The van der Waals surface area contributed by atoms with Crippen molar-refractivity contribution >= 4 is 5.69 Å². The molecule has 0 N–H and O–H groups in total. The third-order valence-electron chi connectivity index (χ3n) is 10.9. The highest BCUT2D eigenvalue weighted by Crippen LogP contribution is 2.57. The van der Waals surface area contributed by atoms with Gasteiger partial charge in [0, 0.05) is 22.3 Å². The fourth-order valence-electron chi connectivity index (χ4n) is 8.26. The Bertz CT molecular complexity index is 2940. The average molecular weight is 743 g/mol. The summed E-state index contributed by atoms with van der Waals surface area (Å²) >= 11 is 0. The second kappa shape index (κ2) is 14.6. The van der Waals surface area contributed by atoms with E-state index in [1.165, 1.54) is 0 Å². The van der Waals surface area contributed by atoms with Crippen molar-refractivity contribution in [1.29, 1.82) is 0 Å². The lowest BCUT2D eigenvalue weighted by Gasteiger charge is -2.42. The van der Waals surface area contributed by atoms with E-state index in [-0.39, 0.29) is 0 Å². The molecule has 0 saturated carbocycles. The van der Waals surface area contributed by atoms with Gasteiger partial charge in [-0.05, 0) is 51.6 Å². The minimum absolute atomic E-state index is 0.501. The standard InChI is InChI=1S/C53H34N4O/c1-54-42-33-31-36(32-34-42)38-19-15-20-39(35-38)50-55-51(44-26-12-11-25-43(44)37-17-5-2-6-18-37)57-52(56-50)45-27-16-29-47-49(45)58-48-30-14-13-28-46(48)53(47,40-21-7-3-8-22-40)41-23-9-4-10-24-41/h2-35H. The quantitative estimate of drug-likeness (QED) is 0.153. The van der Waals surface area contributed by atoms with Crippen LogP contribution in [0.4, 0.5) is 5.69 Å². The van der Waals surface area contributed by atoms with Crippen molar-refractivity contribution in [3.05, 3.63) is 240 Å². The van der Waals surface area contributed by atoms with Gasteiger partial charge in [-0.3, -0.25) is 0 Å². The number of hydrogen-bond donors (Lipinski definition) is 0. The number of rotatable bonds is 7. The van der Waals surface area contributed by atoms with Crippen LogP contribution >= 0.6 is 0 Å². The molecular formula is C53H34N4O. The molecule has 1 aliphatic heterocycles. The van der Waals surface area contributed by atoms with Crippen LogP contribution in [0.3, 0.4) is 0 Å². The Morgan fingerprint density at radius 1 is 0.397 bits per heavy atom. The molecule has 0 saturated heterocycles. The molecule has 10 rings (SSSR count). The lowest BCUT2D eigenvalue weighted by Crippen LogP contribution is -2.34. The Hall–Kier alpha value is -7.94. The predicted octanol–water partition coefficient (Wildman–Crippen LogP) is 13.2. The highest BCUT2D eigenvalue weighted by molar-refractivity contribution is 5.83. The highest BCUT2D eigenvalue weighted by atomic mass is 16.5. The summed E-state index contributed by atoms with van der Waals surface area (Å²) in [5.41, 5.74) is 10.8. The summed E-state index contributed by atoms with van der Waals surface area (Å²) in [6, 6.07) is 70.4. The predicted molar refractivity (Wildman–Crippen MR) is 232 cm³/mol. The van der Waals surface area contributed by atoms with Crippen molar-refractivity contribution in [2.75, 3.05) is 0 Å². The molecule has 9 aromatic rings. The number of hydrogen-bond acceptors (Lipinski definition) is 4. The van der Waals surface area contributed by atoms with Gasteiger partial charge in [0.1, 0.15) is 11.5 Å². The largest absolute Gasteiger partial charge is 0.456 e. The molecule has 1 aliphatic rings. The molecule has 0 aliphatic carbocycles. The lowest BCUT2D eigenvalue weighted by molar-refractivity contribution is 0.436.